The van der Waals surface area contributed by atoms with Gasteiger partial charge < -0.3 is 10.2 Å². The number of rotatable bonds is 2. The first-order valence-electron chi connectivity index (χ1n) is 4.67. The minimum atomic E-state index is -0.745. The molecular weight excluding hydrogens is 208 g/mol. The molecule has 0 aliphatic rings. The fourth-order valence-electron chi connectivity index (χ4n) is 1.49. The molecule has 0 fully saturated rings. The SMILES string of the molecule is Cc1ccc(C(N)=O)c(=O)n1-c1ccco1. The first kappa shape index (κ1) is 10.2. The van der Waals surface area contributed by atoms with Gasteiger partial charge in [-0.2, -0.15) is 0 Å². The number of nitrogens with two attached hydrogens (primary N) is 1. The van der Waals surface area contributed by atoms with Gasteiger partial charge in [-0.1, -0.05) is 0 Å². The van der Waals surface area contributed by atoms with Crippen LogP contribution in [0.4, 0.5) is 0 Å². The molecule has 5 nitrogen and oxygen atoms in total. The van der Waals surface area contributed by atoms with Gasteiger partial charge in [-0.15, -0.1) is 0 Å². The van der Waals surface area contributed by atoms with E-state index in [0.29, 0.717) is 11.6 Å². The third-order valence-corrected chi connectivity index (χ3v) is 2.27. The molecule has 0 atom stereocenters. The largest absolute Gasteiger partial charge is 0.448 e. The molecule has 0 spiro atoms. The summed E-state index contributed by atoms with van der Waals surface area (Å²) in [6.45, 7) is 1.74. The lowest BCUT2D eigenvalue weighted by atomic mass is 10.2. The standard InChI is InChI=1S/C11H10N2O3/c1-7-4-5-8(10(12)14)11(15)13(7)9-3-2-6-16-9/h2-6H,1H3,(H2,12,14). The maximum absolute atomic E-state index is 11.9. The lowest BCUT2D eigenvalue weighted by molar-refractivity contribution is 0.0998. The average molecular weight is 218 g/mol. The van der Waals surface area contributed by atoms with Crippen LogP contribution in [-0.4, -0.2) is 10.5 Å². The van der Waals surface area contributed by atoms with Crippen LogP contribution >= 0.6 is 0 Å². The van der Waals surface area contributed by atoms with Crippen molar-refractivity contribution >= 4 is 5.91 Å². The van der Waals surface area contributed by atoms with Gasteiger partial charge in [-0.25, -0.2) is 0 Å². The van der Waals surface area contributed by atoms with Crippen LogP contribution in [0.25, 0.3) is 5.88 Å². The predicted molar refractivity (Wildman–Crippen MR) is 57.6 cm³/mol. The Morgan fingerprint density at radius 2 is 2.12 bits per heavy atom. The highest BCUT2D eigenvalue weighted by molar-refractivity contribution is 5.92. The maximum atomic E-state index is 11.9. The van der Waals surface area contributed by atoms with Gasteiger partial charge in [0.15, 0.2) is 0 Å². The van der Waals surface area contributed by atoms with Gasteiger partial charge in [0.1, 0.15) is 5.56 Å². The Morgan fingerprint density at radius 1 is 1.38 bits per heavy atom. The second kappa shape index (κ2) is 3.69. The first-order chi connectivity index (χ1) is 7.61. The maximum Gasteiger partial charge on any atom is 0.270 e. The van der Waals surface area contributed by atoms with E-state index < -0.39 is 11.5 Å². The highest BCUT2D eigenvalue weighted by atomic mass is 16.3. The summed E-state index contributed by atoms with van der Waals surface area (Å²) < 4.78 is 6.43. The van der Waals surface area contributed by atoms with E-state index >= 15 is 0 Å². The van der Waals surface area contributed by atoms with Gasteiger partial charge in [0, 0.05) is 11.8 Å². The van der Waals surface area contributed by atoms with E-state index in [0.717, 1.165) is 0 Å². The lowest BCUT2D eigenvalue weighted by Crippen LogP contribution is -2.29. The molecule has 0 radical (unpaired) electrons. The number of pyridine rings is 1. The van der Waals surface area contributed by atoms with Crippen LogP contribution in [0.3, 0.4) is 0 Å². The number of hydrogen-bond acceptors (Lipinski definition) is 3. The normalized spacial score (nSPS) is 10.3. The Kier molecular flexibility index (Phi) is 2.36. The third kappa shape index (κ3) is 1.52. The molecule has 0 unspecified atom stereocenters. The molecule has 2 heterocycles. The summed E-state index contributed by atoms with van der Waals surface area (Å²) in [5, 5.41) is 0. The average Bonchev–Trinajstić information content (AvgIpc) is 2.70. The Morgan fingerprint density at radius 3 is 2.69 bits per heavy atom. The summed E-state index contributed by atoms with van der Waals surface area (Å²) in [4.78, 5) is 23.0. The van der Waals surface area contributed by atoms with Crippen molar-refractivity contribution in [1.82, 2.24) is 4.57 Å². The Hall–Kier alpha value is -2.30. The summed E-state index contributed by atoms with van der Waals surface area (Å²) in [7, 11) is 0. The molecule has 0 aromatic carbocycles. The zero-order valence-corrected chi connectivity index (χ0v) is 8.64. The predicted octanol–water partition coefficient (Wildman–Crippen LogP) is 0.838. The van der Waals surface area contributed by atoms with Crippen molar-refractivity contribution in [2.75, 3.05) is 0 Å². The molecule has 0 bridgehead atoms. The highest BCUT2D eigenvalue weighted by Gasteiger charge is 2.13. The minimum absolute atomic E-state index is 0.0537. The minimum Gasteiger partial charge on any atom is -0.448 e. The molecule has 5 heteroatoms. The van der Waals surface area contributed by atoms with Crippen molar-refractivity contribution in [3.63, 3.8) is 0 Å². The Labute approximate surface area is 91.1 Å². The summed E-state index contributed by atoms with van der Waals surface area (Å²) in [6.07, 6.45) is 1.46. The molecule has 0 saturated heterocycles. The van der Waals surface area contributed by atoms with E-state index in [1.54, 1.807) is 25.1 Å². The number of carbonyl (C=O) groups is 1. The van der Waals surface area contributed by atoms with E-state index in [2.05, 4.69) is 0 Å². The second-order valence-electron chi connectivity index (χ2n) is 3.34. The molecule has 82 valence electrons. The zero-order valence-electron chi connectivity index (χ0n) is 8.64. The summed E-state index contributed by atoms with van der Waals surface area (Å²) >= 11 is 0. The first-order valence-corrected chi connectivity index (χ1v) is 4.67. The second-order valence-corrected chi connectivity index (χ2v) is 3.34. The van der Waals surface area contributed by atoms with Gasteiger partial charge in [0.25, 0.3) is 11.5 Å². The van der Waals surface area contributed by atoms with Crippen LogP contribution in [0.5, 0.6) is 0 Å². The molecule has 2 N–H and O–H groups in total. The van der Waals surface area contributed by atoms with Crippen LogP contribution in [0.1, 0.15) is 16.1 Å². The van der Waals surface area contributed by atoms with Crippen molar-refractivity contribution in [1.29, 1.82) is 0 Å². The van der Waals surface area contributed by atoms with Crippen molar-refractivity contribution < 1.29 is 9.21 Å². The van der Waals surface area contributed by atoms with Crippen molar-refractivity contribution in [2.24, 2.45) is 5.73 Å². The van der Waals surface area contributed by atoms with E-state index in [1.165, 1.54) is 16.9 Å². The van der Waals surface area contributed by atoms with Crippen molar-refractivity contribution in [2.45, 2.75) is 6.92 Å². The lowest BCUT2D eigenvalue weighted by Gasteiger charge is -2.07. The monoisotopic (exact) mass is 218 g/mol. The number of primary amides is 1. The van der Waals surface area contributed by atoms with Gasteiger partial charge in [-0.05, 0) is 25.1 Å². The number of aryl methyl sites for hydroxylation is 1. The van der Waals surface area contributed by atoms with Gasteiger partial charge in [0.05, 0.1) is 6.26 Å². The van der Waals surface area contributed by atoms with Crippen molar-refractivity contribution in [3.05, 3.63) is 52.1 Å². The van der Waals surface area contributed by atoms with Gasteiger partial charge in [0.2, 0.25) is 5.88 Å². The molecule has 0 aliphatic heterocycles. The number of furan rings is 1. The van der Waals surface area contributed by atoms with Gasteiger partial charge in [-0.3, -0.25) is 14.2 Å². The number of carbonyl (C=O) groups excluding carboxylic acids is 1. The fraction of sp³-hybridized carbons (Fsp3) is 0.0909. The highest BCUT2D eigenvalue weighted by Crippen LogP contribution is 2.09. The zero-order chi connectivity index (χ0) is 11.7. The van der Waals surface area contributed by atoms with E-state index in [9.17, 15) is 9.59 Å². The van der Waals surface area contributed by atoms with Crippen LogP contribution in [0.15, 0.2) is 39.7 Å². The molecule has 2 aromatic rings. The van der Waals surface area contributed by atoms with Crippen LogP contribution in [0.2, 0.25) is 0 Å². The van der Waals surface area contributed by atoms with E-state index in [4.69, 9.17) is 10.2 Å². The fourth-order valence-corrected chi connectivity index (χ4v) is 1.49. The molecular formula is C11H10N2O3. The molecule has 0 saturated carbocycles. The number of hydrogen-bond donors (Lipinski definition) is 1. The Bertz CT molecular complexity index is 582. The van der Waals surface area contributed by atoms with Crippen LogP contribution in [0, 0.1) is 6.92 Å². The molecule has 0 aliphatic carbocycles. The van der Waals surface area contributed by atoms with Crippen LogP contribution < -0.4 is 11.3 Å². The summed E-state index contributed by atoms with van der Waals surface area (Å²) in [5.41, 5.74) is 5.25. The topological polar surface area (TPSA) is 78.2 Å². The third-order valence-electron chi connectivity index (χ3n) is 2.27. The number of aromatic nitrogens is 1. The van der Waals surface area contributed by atoms with E-state index in [-0.39, 0.29) is 5.56 Å². The molecule has 2 aromatic heterocycles. The molecule has 16 heavy (non-hydrogen) atoms. The van der Waals surface area contributed by atoms with E-state index in [1.807, 2.05) is 0 Å². The number of amides is 1. The quantitative estimate of drug-likeness (QED) is 0.811. The number of nitrogens with zero attached hydrogens (tertiary/aromatic N) is 1. The van der Waals surface area contributed by atoms with Gasteiger partial charge >= 0.3 is 0 Å². The smallest absolute Gasteiger partial charge is 0.270 e. The molecule has 2 rings (SSSR count). The Balaban J connectivity index is 2.75. The van der Waals surface area contributed by atoms with Crippen molar-refractivity contribution in [3.8, 4) is 5.88 Å². The summed E-state index contributed by atoms with van der Waals surface area (Å²) in [5.74, 6) is -0.379. The van der Waals surface area contributed by atoms with Crippen LogP contribution in [-0.2, 0) is 0 Å². The molecule has 1 amide bonds. The summed E-state index contributed by atoms with van der Waals surface area (Å²) in [6, 6.07) is 6.36.